The summed E-state index contributed by atoms with van der Waals surface area (Å²) < 4.78 is 0. The number of hydrogen-bond acceptors (Lipinski definition) is 3. The van der Waals surface area contributed by atoms with E-state index >= 15 is 0 Å². The minimum absolute atomic E-state index is 0.00795. The summed E-state index contributed by atoms with van der Waals surface area (Å²) in [7, 11) is 0. The van der Waals surface area contributed by atoms with E-state index in [0.29, 0.717) is 5.69 Å². The van der Waals surface area contributed by atoms with E-state index in [-0.39, 0.29) is 5.91 Å². The van der Waals surface area contributed by atoms with Crippen molar-refractivity contribution in [3.63, 3.8) is 0 Å². The van der Waals surface area contributed by atoms with E-state index < -0.39 is 0 Å². The molecule has 3 heterocycles. The summed E-state index contributed by atoms with van der Waals surface area (Å²) in [6, 6.07) is 20.8. The number of nitrogens with zero attached hydrogens (tertiary/aromatic N) is 3. The first-order valence-corrected chi connectivity index (χ1v) is 9.97. The van der Waals surface area contributed by atoms with E-state index in [4.69, 9.17) is 0 Å². The second kappa shape index (κ2) is 7.12. The van der Waals surface area contributed by atoms with Gasteiger partial charge in [0.2, 0.25) is 0 Å². The molecule has 140 valence electrons. The lowest BCUT2D eigenvalue weighted by molar-refractivity contribution is 0.0980. The van der Waals surface area contributed by atoms with Crippen LogP contribution in [0.1, 0.15) is 33.6 Å². The number of hydrogen-bond donors (Lipinski definition) is 0. The Kier molecular flexibility index (Phi) is 4.32. The zero-order valence-corrected chi connectivity index (χ0v) is 15.8. The van der Waals surface area contributed by atoms with Gasteiger partial charge in [0.1, 0.15) is 5.69 Å². The molecule has 0 saturated heterocycles. The Balaban J connectivity index is 1.42. The largest absolute Gasteiger partial charge is 0.367 e. The van der Waals surface area contributed by atoms with Gasteiger partial charge >= 0.3 is 0 Å². The van der Waals surface area contributed by atoms with Gasteiger partial charge in [-0.15, -0.1) is 0 Å². The minimum Gasteiger partial charge on any atom is -0.367 e. The molecule has 0 radical (unpaired) electrons. The second-order valence-corrected chi connectivity index (χ2v) is 7.53. The maximum Gasteiger partial charge on any atom is 0.276 e. The van der Waals surface area contributed by atoms with Gasteiger partial charge in [-0.05, 0) is 54.2 Å². The average molecular weight is 369 g/mol. The van der Waals surface area contributed by atoms with Crippen molar-refractivity contribution in [3.05, 3.63) is 89.2 Å². The van der Waals surface area contributed by atoms with Crippen molar-refractivity contribution in [1.29, 1.82) is 0 Å². The number of pyridine rings is 1. The summed E-state index contributed by atoms with van der Waals surface area (Å²) in [5, 5.41) is 0. The van der Waals surface area contributed by atoms with Gasteiger partial charge in [-0.25, -0.2) is 0 Å². The second-order valence-electron chi connectivity index (χ2n) is 7.53. The molecule has 0 saturated carbocycles. The summed E-state index contributed by atoms with van der Waals surface area (Å²) in [5.74, 6) is -0.00795. The highest BCUT2D eigenvalue weighted by molar-refractivity contribution is 6.05. The van der Waals surface area contributed by atoms with Crippen molar-refractivity contribution in [2.24, 2.45) is 0 Å². The first-order chi connectivity index (χ1) is 13.8. The summed E-state index contributed by atoms with van der Waals surface area (Å²) >= 11 is 0. The molecule has 0 bridgehead atoms. The van der Waals surface area contributed by atoms with E-state index in [1.807, 2.05) is 35.2 Å². The minimum atomic E-state index is -0.00795. The highest BCUT2D eigenvalue weighted by Crippen LogP contribution is 2.29. The molecule has 4 heteroatoms. The molecule has 0 fully saturated rings. The third-order valence-electron chi connectivity index (χ3n) is 5.81. The van der Waals surface area contributed by atoms with Gasteiger partial charge in [0.25, 0.3) is 5.91 Å². The summed E-state index contributed by atoms with van der Waals surface area (Å²) in [4.78, 5) is 21.9. The van der Waals surface area contributed by atoms with Crippen LogP contribution in [0, 0.1) is 0 Å². The molecular weight excluding hydrogens is 346 g/mol. The Morgan fingerprint density at radius 3 is 2.54 bits per heavy atom. The van der Waals surface area contributed by atoms with Crippen LogP contribution in [-0.4, -0.2) is 24.0 Å². The number of carbonyl (C=O) groups is 1. The van der Waals surface area contributed by atoms with Gasteiger partial charge in [0.15, 0.2) is 0 Å². The van der Waals surface area contributed by atoms with Gasteiger partial charge in [-0.3, -0.25) is 9.78 Å². The number of benzene rings is 2. The molecule has 2 aromatic carbocycles. The van der Waals surface area contributed by atoms with Gasteiger partial charge in [0.05, 0.1) is 0 Å². The number of anilines is 2. The van der Waals surface area contributed by atoms with Crippen molar-refractivity contribution >= 4 is 17.3 Å². The molecule has 1 aromatic heterocycles. The molecule has 2 aliphatic rings. The third-order valence-corrected chi connectivity index (χ3v) is 5.81. The molecule has 4 nitrogen and oxygen atoms in total. The molecular formula is C24H23N3O. The van der Waals surface area contributed by atoms with E-state index in [2.05, 4.69) is 40.2 Å². The normalized spacial score (nSPS) is 15.7. The van der Waals surface area contributed by atoms with Crippen LogP contribution < -0.4 is 9.80 Å². The summed E-state index contributed by atoms with van der Waals surface area (Å²) in [5.41, 5.74) is 6.65. The number of amides is 1. The van der Waals surface area contributed by atoms with Crippen LogP contribution in [-0.2, 0) is 19.4 Å². The zero-order chi connectivity index (χ0) is 18.9. The van der Waals surface area contributed by atoms with Crippen molar-refractivity contribution in [2.45, 2.75) is 25.8 Å². The third kappa shape index (κ3) is 3.05. The maximum absolute atomic E-state index is 13.2. The molecule has 0 atom stereocenters. The maximum atomic E-state index is 13.2. The number of aryl methyl sites for hydroxylation is 1. The number of para-hydroxylation sites is 1. The first kappa shape index (κ1) is 17.0. The SMILES string of the molecule is O=C(c1cc(N2CCc3ccccc3C2)ccn1)N1CCCc2ccccc21. The molecule has 0 spiro atoms. The molecule has 0 unspecified atom stereocenters. The van der Waals surface area contributed by atoms with Crippen molar-refractivity contribution in [2.75, 3.05) is 22.9 Å². The van der Waals surface area contributed by atoms with E-state index in [0.717, 1.165) is 50.3 Å². The van der Waals surface area contributed by atoms with Crippen LogP contribution in [0.15, 0.2) is 66.9 Å². The lowest BCUT2D eigenvalue weighted by Crippen LogP contribution is -2.36. The quantitative estimate of drug-likeness (QED) is 0.678. The Labute approximate surface area is 165 Å². The predicted octanol–water partition coefficient (Wildman–Crippen LogP) is 4.24. The number of carbonyl (C=O) groups excluding carboxylic acids is 1. The van der Waals surface area contributed by atoms with Crippen LogP contribution >= 0.6 is 0 Å². The monoisotopic (exact) mass is 369 g/mol. The highest BCUT2D eigenvalue weighted by atomic mass is 16.2. The van der Waals surface area contributed by atoms with Gasteiger partial charge in [-0.1, -0.05) is 42.5 Å². The predicted molar refractivity (Wildman–Crippen MR) is 112 cm³/mol. The van der Waals surface area contributed by atoms with E-state index in [1.54, 1.807) is 6.20 Å². The topological polar surface area (TPSA) is 36.4 Å². The lowest BCUT2D eigenvalue weighted by Gasteiger charge is -2.31. The summed E-state index contributed by atoms with van der Waals surface area (Å²) in [6.07, 6.45) is 4.81. The Morgan fingerprint density at radius 2 is 1.64 bits per heavy atom. The molecule has 2 aliphatic heterocycles. The van der Waals surface area contributed by atoms with Crippen LogP contribution in [0.3, 0.4) is 0 Å². The molecule has 3 aromatic rings. The fourth-order valence-corrected chi connectivity index (χ4v) is 4.33. The smallest absolute Gasteiger partial charge is 0.276 e. The zero-order valence-electron chi connectivity index (χ0n) is 15.8. The van der Waals surface area contributed by atoms with Crippen LogP contribution in [0.2, 0.25) is 0 Å². The van der Waals surface area contributed by atoms with Crippen LogP contribution in [0.4, 0.5) is 11.4 Å². The first-order valence-electron chi connectivity index (χ1n) is 9.97. The van der Waals surface area contributed by atoms with Gasteiger partial charge in [-0.2, -0.15) is 0 Å². The molecule has 5 rings (SSSR count). The van der Waals surface area contributed by atoms with Crippen LogP contribution in [0.5, 0.6) is 0 Å². The molecule has 28 heavy (non-hydrogen) atoms. The number of rotatable bonds is 2. The van der Waals surface area contributed by atoms with Crippen molar-refractivity contribution < 1.29 is 4.79 Å². The highest BCUT2D eigenvalue weighted by Gasteiger charge is 2.25. The van der Waals surface area contributed by atoms with Crippen molar-refractivity contribution in [3.8, 4) is 0 Å². The van der Waals surface area contributed by atoms with E-state index in [1.165, 1.54) is 16.7 Å². The molecule has 0 aliphatic carbocycles. The number of fused-ring (bicyclic) bond motifs is 2. The Bertz CT molecular complexity index is 1030. The standard InChI is InChI=1S/C24H23N3O/c28-24(27-14-5-9-19-7-3-4-10-23(19)27)22-16-21(11-13-25-22)26-15-12-18-6-1-2-8-20(18)17-26/h1-4,6-8,10-11,13,16H,5,9,12,14-15,17H2. The summed E-state index contributed by atoms with van der Waals surface area (Å²) in [6.45, 7) is 2.58. The number of aromatic nitrogens is 1. The fraction of sp³-hybridized carbons (Fsp3) is 0.250. The fourth-order valence-electron chi connectivity index (χ4n) is 4.33. The Morgan fingerprint density at radius 1 is 0.857 bits per heavy atom. The van der Waals surface area contributed by atoms with E-state index in [9.17, 15) is 4.79 Å². The van der Waals surface area contributed by atoms with Crippen LogP contribution in [0.25, 0.3) is 0 Å². The van der Waals surface area contributed by atoms with Gasteiger partial charge < -0.3 is 9.80 Å². The van der Waals surface area contributed by atoms with Crippen molar-refractivity contribution in [1.82, 2.24) is 4.98 Å². The lowest BCUT2D eigenvalue weighted by atomic mass is 9.99. The Hall–Kier alpha value is -3.14. The molecule has 1 amide bonds. The average Bonchev–Trinajstić information content (AvgIpc) is 2.78. The van der Waals surface area contributed by atoms with Gasteiger partial charge in [0, 0.05) is 37.2 Å². The molecule has 0 N–H and O–H groups in total.